The average molecular weight is 276 g/mol. The molecular weight excluding hydrogens is 256 g/mol. The fourth-order valence-electron chi connectivity index (χ4n) is 2.95. The van der Waals surface area contributed by atoms with Crippen molar-refractivity contribution in [3.8, 4) is 0 Å². The highest BCUT2D eigenvalue weighted by Crippen LogP contribution is 2.36. The number of rotatable bonds is 3. The molecule has 0 radical (unpaired) electrons. The van der Waals surface area contributed by atoms with E-state index in [1.54, 1.807) is 6.20 Å². The number of hydrogen-bond acceptors (Lipinski definition) is 2. The summed E-state index contributed by atoms with van der Waals surface area (Å²) in [7, 11) is 0. The zero-order valence-electron chi connectivity index (χ0n) is 12.3. The lowest BCUT2D eigenvalue weighted by atomic mass is 9.83. The van der Waals surface area contributed by atoms with Crippen molar-refractivity contribution in [2.24, 2.45) is 11.7 Å². The molecule has 1 aromatic carbocycles. The summed E-state index contributed by atoms with van der Waals surface area (Å²) in [5.74, 6) is 0.451. The highest BCUT2D eigenvalue weighted by atomic mass is 14.7. The van der Waals surface area contributed by atoms with E-state index in [9.17, 15) is 0 Å². The van der Waals surface area contributed by atoms with E-state index in [0.717, 1.165) is 18.5 Å². The molecule has 21 heavy (non-hydrogen) atoms. The summed E-state index contributed by atoms with van der Waals surface area (Å²) in [5, 5.41) is 2.46. The molecule has 1 aliphatic carbocycles. The third-order valence-electron chi connectivity index (χ3n) is 4.05. The van der Waals surface area contributed by atoms with Crippen LogP contribution in [0.5, 0.6) is 0 Å². The van der Waals surface area contributed by atoms with Crippen molar-refractivity contribution in [3.05, 3.63) is 72.2 Å². The van der Waals surface area contributed by atoms with Gasteiger partial charge in [-0.15, -0.1) is 0 Å². The second kappa shape index (κ2) is 5.96. The maximum absolute atomic E-state index is 5.52. The summed E-state index contributed by atoms with van der Waals surface area (Å²) in [6.45, 7) is 2.15. The number of hydrogen-bond donors (Lipinski definition) is 1. The minimum Gasteiger partial charge on any atom is -0.405 e. The lowest BCUT2D eigenvalue weighted by molar-refractivity contribution is 0.682. The van der Waals surface area contributed by atoms with E-state index in [1.807, 2.05) is 12.3 Å². The van der Waals surface area contributed by atoms with Crippen LogP contribution in [-0.4, -0.2) is 4.98 Å². The molecule has 1 heterocycles. The van der Waals surface area contributed by atoms with Gasteiger partial charge in [-0.25, -0.2) is 0 Å². The Morgan fingerprint density at radius 1 is 1.29 bits per heavy atom. The molecule has 0 saturated carbocycles. The van der Waals surface area contributed by atoms with Gasteiger partial charge in [-0.3, -0.25) is 4.98 Å². The van der Waals surface area contributed by atoms with Gasteiger partial charge in [-0.1, -0.05) is 48.1 Å². The second-order valence-corrected chi connectivity index (χ2v) is 5.52. The number of allylic oxidation sites excluding steroid dienone is 5. The van der Waals surface area contributed by atoms with Gasteiger partial charge >= 0.3 is 0 Å². The summed E-state index contributed by atoms with van der Waals surface area (Å²) >= 11 is 0. The summed E-state index contributed by atoms with van der Waals surface area (Å²) < 4.78 is 0. The lowest BCUT2D eigenvalue weighted by Crippen LogP contribution is -2.08. The molecule has 2 heteroatoms. The van der Waals surface area contributed by atoms with E-state index >= 15 is 0 Å². The van der Waals surface area contributed by atoms with E-state index in [-0.39, 0.29) is 0 Å². The zero-order valence-corrected chi connectivity index (χ0v) is 12.3. The van der Waals surface area contributed by atoms with Gasteiger partial charge in [0, 0.05) is 11.6 Å². The predicted octanol–water partition coefficient (Wildman–Crippen LogP) is 4.45. The van der Waals surface area contributed by atoms with Crippen LogP contribution in [-0.2, 0) is 0 Å². The number of fused-ring (bicyclic) bond motifs is 1. The van der Waals surface area contributed by atoms with Gasteiger partial charge in [0.1, 0.15) is 0 Å². The maximum Gasteiger partial charge on any atom is 0.0743 e. The standard InChI is InChI=1S/C19H20N2/c1-14-8-9-15(6-4-11-20)18(13-14)19-17-7-3-2-5-16(17)10-12-21-19/h2-5,7-8,10-13,15H,6,9,20H2,1H3. The Morgan fingerprint density at radius 3 is 3.00 bits per heavy atom. The van der Waals surface area contributed by atoms with Crippen LogP contribution in [0.2, 0.25) is 0 Å². The van der Waals surface area contributed by atoms with Crippen LogP contribution in [0, 0.1) is 5.92 Å². The van der Waals surface area contributed by atoms with E-state index in [1.165, 1.54) is 21.9 Å². The first-order valence-corrected chi connectivity index (χ1v) is 7.39. The van der Waals surface area contributed by atoms with Crippen molar-refractivity contribution in [1.82, 2.24) is 4.98 Å². The minimum atomic E-state index is 0.451. The molecule has 1 atom stereocenters. The van der Waals surface area contributed by atoms with Crippen LogP contribution in [0.15, 0.2) is 66.5 Å². The molecule has 0 spiro atoms. The van der Waals surface area contributed by atoms with Crippen molar-refractivity contribution in [2.75, 3.05) is 0 Å². The Bertz CT molecular complexity index is 731. The lowest BCUT2D eigenvalue weighted by Gasteiger charge is -2.22. The third-order valence-corrected chi connectivity index (χ3v) is 4.05. The minimum absolute atomic E-state index is 0.451. The van der Waals surface area contributed by atoms with Gasteiger partial charge in [0.05, 0.1) is 5.69 Å². The first kappa shape index (κ1) is 13.6. The molecular formula is C19H20N2. The Balaban J connectivity index is 2.11. The topological polar surface area (TPSA) is 38.9 Å². The van der Waals surface area contributed by atoms with Crippen molar-refractivity contribution < 1.29 is 0 Å². The molecule has 1 aromatic heterocycles. The first-order chi connectivity index (χ1) is 10.3. The van der Waals surface area contributed by atoms with Gasteiger partial charge in [0.15, 0.2) is 0 Å². The van der Waals surface area contributed by atoms with Crippen LogP contribution in [0.25, 0.3) is 16.3 Å². The molecule has 2 N–H and O–H groups in total. The monoisotopic (exact) mass is 276 g/mol. The van der Waals surface area contributed by atoms with Gasteiger partial charge in [0.25, 0.3) is 0 Å². The summed E-state index contributed by atoms with van der Waals surface area (Å²) in [6.07, 6.45) is 12.2. The number of aromatic nitrogens is 1. The summed E-state index contributed by atoms with van der Waals surface area (Å²) in [6, 6.07) is 10.5. The largest absolute Gasteiger partial charge is 0.405 e. The number of pyridine rings is 1. The fraction of sp³-hybridized carbons (Fsp3) is 0.211. The van der Waals surface area contributed by atoms with Crippen LogP contribution in [0.1, 0.15) is 25.5 Å². The van der Waals surface area contributed by atoms with Crippen molar-refractivity contribution in [2.45, 2.75) is 19.8 Å². The predicted molar refractivity (Wildman–Crippen MR) is 89.5 cm³/mol. The van der Waals surface area contributed by atoms with E-state index in [4.69, 9.17) is 5.73 Å². The van der Waals surface area contributed by atoms with Crippen molar-refractivity contribution >= 4 is 16.3 Å². The fourth-order valence-corrected chi connectivity index (χ4v) is 2.95. The third kappa shape index (κ3) is 2.75. The van der Waals surface area contributed by atoms with Gasteiger partial charge < -0.3 is 5.73 Å². The average Bonchev–Trinajstić information content (AvgIpc) is 2.53. The zero-order chi connectivity index (χ0) is 14.7. The molecule has 2 aromatic rings. The number of nitrogens with zero attached hydrogens (tertiary/aromatic N) is 1. The SMILES string of the molecule is CC1=CCC(CC=CN)C(c2nccc3ccccc23)=C1. The van der Waals surface area contributed by atoms with Gasteiger partial charge in [-0.05, 0) is 48.9 Å². The molecule has 0 amide bonds. The van der Waals surface area contributed by atoms with Crippen molar-refractivity contribution in [3.63, 3.8) is 0 Å². The summed E-state index contributed by atoms with van der Waals surface area (Å²) in [4.78, 5) is 4.67. The summed E-state index contributed by atoms with van der Waals surface area (Å²) in [5.41, 5.74) is 9.26. The van der Waals surface area contributed by atoms with E-state index < -0.39 is 0 Å². The maximum atomic E-state index is 5.52. The molecule has 1 aliphatic rings. The number of nitrogens with two attached hydrogens (primary N) is 1. The van der Waals surface area contributed by atoms with Crippen LogP contribution >= 0.6 is 0 Å². The van der Waals surface area contributed by atoms with E-state index in [0.29, 0.717) is 5.92 Å². The quantitative estimate of drug-likeness (QED) is 0.899. The molecule has 1 unspecified atom stereocenters. The highest BCUT2D eigenvalue weighted by molar-refractivity contribution is 5.93. The van der Waals surface area contributed by atoms with Crippen molar-refractivity contribution in [1.29, 1.82) is 0 Å². The highest BCUT2D eigenvalue weighted by Gasteiger charge is 2.20. The smallest absolute Gasteiger partial charge is 0.0743 e. The Kier molecular flexibility index (Phi) is 3.87. The Labute approximate surface area is 125 Å². The molecule has 3 rings (SSSR count). The van der Waals surface area contributed by atoms with Gasteiger partial charge in [-0.2, -0.15) is 0 Å². The van der Waals surface area contributed by atoms with Crippen LogP contribution in [0.3, 0.4) is 0 Å². The molecule has 0 saturated heterocycles. The second-order valence-electron chi connectivity index (χ2n) is 5.52. The number of benzene rings is 1. The molecule has 2 nitrogen and oxygen atoms in total. The Morgan fingerprint density at radius 2 is 2.14 bits per heavy atom. The first-order valence-electron chi connectivity index (χ1n) is 7.39. The Hall–Kier alpha value is -2.35. The normalized spacial score (nSPS) is 18.8. The molecule has 106 valence electrons. The molecule has 0 fully saturated rings. The molecule has 0 bridgehead atoms. The van der Waals surface area contributed by atoms with Crippen LogP contribution < -0.4 is 5.73 Å². The van der Waals surface area contributed by atoms with E-state index in [2.05, 4.69) is 54.4 Å². The van der Waals surface area contributed by atoms with Gasteiger partial charge in [0.2, 0.25) is 0 Å². The van der Waals surface area contributed by atoms with Crippen LogP contribution in [0.4, 0.5) is 0 Å². The molecule has 0 aliphatic heterocycles.